The number of hydrogen-bond acceptors (Lipinski definition) is 6. The molecule has 0 atom stereocenters. The van der Waals surface area contributed by atoms with E-state index in [4.69, 9.17) is 4.55 Å². The molecule has 0 fully saturated rings. The maximum atomic E-state index is 12.1. The topological polar surface area (TPSA) is 121 Å². The van der Waals surface area contributed by atoms with E-state index in [0.29, 0.717) is 12.0 Å². The van der Waals surface area contributed by atoms with Gasteiger partial charge in [-0.25, -0.2) is 0 Å². The smallest absolute Gasteiger partial charge is 0.446 e. The van der Waals surface area contributed by atoms with Crippen LogP contribution in [-0.4, -0.2) is 29.0 Å². The predicted molar refractivity (Wildman–Crippen MR) is 81.0 cm³/mol. The Morgan fingerprint density at radius 2 is 1.74 bits per heavy atom. The summed E-state index contributed by atoms with van der Waals surface area (Å²) in [6.45, 7) is 0. The van der Waals surface area contributed by atoms with Crippen LogP contribution >= 0.6 is 0 Å². The molecule has 0 aromatic heterocycles. The first-order valence-corrected chi connectivity index (χ1v) is 7.93. The minimum atomic E-state index is -4.81. The van der Waals surface area contributed by atoms with Crippen LogP contribution in [0, 0.1) is 0 Å². The van der Waals surface area contributed by atoms with Crippen LogP contribution in [0.3, 0.4) is 0 Å². The SMILES string of the molecule is O=C(CCc1ccccc1O)c1ccc(O)c(OS(=O)(=O)O)c1. The molecule has 2 aromatic rings. The van der Waals surface area contributed by atoms with Crippen molar-refractivity contribution < 1.29 is 32.2 Å². The highest BCUT2D eigenvalue weighted by atomic mass is 32.3. The van der Waals surface area contributed by atoms with Crippen LogP contribution in [0.4, 0.5) is 0 Å². The molecular formula is C15H14O7S. The number of Topliss-reactive ketones (excluding diaryl/α,β-unsaturated/α-hetero) is 1. The van der Waals surface area contributed by atoms with Crippen molar-refractivity contribution in [2.24, 2.45) is 0 Å². The van der Waals surface area contributed by atoms with Crippen molar-refractivity contribution in [1.82, 2.24) is 0 Å². The molecule has 0 spiro atoms. The molecule has 0 amide bonds. The summed E-state index contributed by atoms with van der Waals surface area (Å²) in [5.41, 5.74) is 0.714. The lowest BCUT2D eigenvalue weighted by atomic mass is 10.0. The van der Waals surface area contributed by atoms with Crippen molar-refractivity contribution in [3.05, 3.63) is 53.6 Å². The van der Waals surface area contributed by atoms with Crippen molar-refractivity contribution in [3.63, 3.8) is 0 Å². The third kappa shape index (κ3) is 4.70. The molecule has 0 saturated heterocycles. The second kappa shape index (κ2) is 6.67. The second-order valence-electron chi connectivity index (χ2n) is 4.75. The Kier molecular flexibility index (Phi) is 4.87. The summed E-state index contributed by atoms with van der Waals surface area (Å²) in [5, 5.41) is 19.1. The zero-order valence-electron chi connectivity index (χ0n) is 11.8. The van der Waals surface area contributed by atoms with Crippen LogP contribution in [0.1, 0.15) is 22.3 Å². The molecule has 0 aliphatic carbocycles. The maximum absolute atomic E-state index is 12.1. The number of carbonyl (C=O) groups excluding carboxylic acids is 1. The summed E-state index contributed by atoms with van der Waals surface area (Å²) in [5.74, 6) is -1.32. The number of para-hydroxylation sites is 1. The molecule has 0 aliphatic rings. The van der Waals surface area contributed by atoms with E-state index >= 15 is 0 Å². The van der Waals surface area contributed by atoms with Gasteiger partial charge in [-0.2, -0.15) is 8.42 Å². The summed E-state index contributed by atoms with van der Waals surface area (Å²) in [6.07, 6.45) is 0.356. The lowest BCUT2D eigenvalue weighted by molar-refractivity contribution is 0.0982. The molecule has 2 aromatic carbocycles. The van der Waals surface area contributed by atoms with Gasteiger partial charge in [-0.3, -0.25) is 9.35 Å². The van der Waals surface area contributed by atoms with E-state index in [0.717, 1.165) is 12.1 Å². The van der Waals surface area contributed by atoms with Gasteiger partial charge in [-0.05, 0) is 36.2 Å². The summed E-state index contributed by atoms with van der Waals surface area (Å²) in [4.78, 5) is 12.1. The maximum Gasteiger partial charge on any atom is 0.446 e. The van der Waals surface area contributed by atoms with Crippen molar-refractivity contribution in [2.75, 3.05) is 0 Å². The summed E-state index contributed by atoms with van der Waals surface area (Å²) >= 11 is 0. The molecule has 0 aliphatic heterocycles. The van der Waals surface area contributed by atoms with Crippen LogP contribution in [0.25, 0.3) is 0 Å². The first-order chi connectivity index (χ1) is 10.8. The number of hydrogen-bond donors (Lipinski definition) is 3. The summed E-state index contributed by atoms with van der Waals surface area (Å²) in [7, 11) is -4.81. The number of aromatic hydroxyl groups is 2. The van der Waals surface area contributed by atoms with Crippen LogP contribution in [-0.2, 0) is 16.8 Å². The molecule has 2 rings (SSSR count). The van der Waals surface area contributed by atoms with Gasteiger partial charge in [-0.15, -0.1) is 0 Å². The highest BCUT2D eigenvalue weighted by Crippen LogP contribution is 2.28. The number of aryl methyl sites for hydroxylation is 1. The minimum absolute atomic E-state index is 0.0632. The monoisotopic (exact) mass is 338 g/mol. The molecular weight excluding hydrogens is 324 g/mol. The van der Waals surface area contributed by atoms with E-state index in [-0.39, 0.29) is 23.5 Å². The van der Waals surface area contributed by atoms with E-state index in [9.17, 15) is 23.4 Å². The van der Waals surface area contributed by atoms with Gasteiger partial charge in [0.2, 0.25) is 0 Å². The number of carbonyl (C=O) groups is 1. The van der Waals surface area contributed by atoms with Gasteiger partial charge >= 0.3 is 10.4 Å². The van der Waals surface area contributed by atoms with E-state index in [2.05, 4.69) is 4.18 Å². The third-order valence-corrected chi connectivity index (χ3v) is 3.48. The van der Waals surface area contributed by atoms with Gasteiger partial charge in [0, 0.05) is 12.0 Å². The third-order valence-electron chi connectivity index (χ3n) is 3.09. The molecule has 0 saturated carbocycles. The van der Waals surface area contributed by atoms with E-state index in [1.165, 1.54) is 12.1 Å². The lowest BCUT2D eigenvalue weighted by Crippen LogP contribution is -2.08. The highest BCUT2D eigenvalue weighted by Gasteiger charge is 2.15. The normalized spacial score (nSPS) is 11.2. The van der Waals surface area contributed by atoms with E-state index in [1.807, 2.05) is 0 Å². The molecule has 3 N–H and O–H groups in total. The average molecular weight is 338 g/mol. The second-order valence-corrected chi connectivity index (χ2v) is 5.77. The van der Waals surface area contributed by atoms with Crippen molar-refractivity contribution >= 4 is 16.2 Å². The molecule has 122 valence electrons. The fourth-order valence-electron chi connectivity index (χ4n) is 1.98. The zero-order chi connectivity index (χ0) is 17.0. The van der Waals surface area contributed by atoms with Crippen molar-refractivity contribution in [3.8, 4) is 17.2 Å². The standard InChI is InChI=1S/C15H14O7S/c16-12-4-2-1-3-10(12)5-7-13(17)11-6-8-14(18)15(9-11)22-23(19,20)21/h1-4,6,8-9,16,18H,5,7H2,(H,19,20,21). The van der Waals surface area contributed by atoms with Crippen molar-refractivity contribution in [2.45, 2.75) is 12.8 Å². The van der Waals surface area contributed by atoms with Crippen LogP contribution in [0.5, 0.6) is 17.2 Å². The first kappa shape index (κ1) is 16.8. The van der Waals surface area contributed by atoms with Crippen molar-refractivity contribution in [1.29, 1.82) is 0 Å². The Labute approximate surface area is 132 Å². The van der Waals surface area contributed by atoms with Gasteiger partial charge in [0.05, 0.1) is 0 Å². The molecule has 7 nitrogen and oxygen atoms in total. The predicted octanol–water partition coefficient (Wildman–Crippen LogP) is 2.09. The summed E-state index contributed by atoms with van der Waals surface area (Å²) in [6, 6.07) is 10.0. The van der Waals surface area contributed by atoms with Gasteiger partial charge in [0.25, 0.3) is 0 Å². The number of benzene rings is 2. The Balaban J connectivity index is 2.13. The Morgan fingerprint density at radius 3 is 2.39 bits per heavy atom. The van der Waals surface area contributed by atoms with E-state index < -0.39 is 21.9 Å². The molecule has 0 unspecified atom stereocenters. The number of phenolic OH excluding ortho intramolecular Hbond substituents is 2. The largest absolute Gasteiger partial charge is 0.508 e. The first-order valence-electron chi connectivity index (χ1n) is 6.56. The fourth-order valence-corrected chi connectivity index (χ4v) is 2.34. The van der Waals surface area contributed by atoms with Gasteiger partial charge in [-0.1, -0.05) is 18.2 Å². The molecule has 0 heterocycles. The van der Waals surface area contributed by atoms with E-state index in [1.54, 1.807) is 18.2 Å². The lowest BCUT2D eigenvalue weighted by Gasteiger charge is -2.07. The van der Waals surface area contributed by atoms with Crippen LogP contribution in [0.15, 0.2) is 42.5 Å². The van der Waals surface area contributed by atoms with Gasteiger partial charge < -0.3 is 14.4 Å². The number of ketones is 1. The van der Waals surface area contributed by atoms with Gasteiger partial charge in [0.1, 0.15) is 5.75 Å². The highest BCUT2D eigenvalue weighted by molar-refractivity contribution is 7.81. The summed E-state index contributed by atoms with van der Waals surface area (Å²) < 4.78 is 34.2. The Hall–Kier alpha value is -2.58. The molecule has 8 heteroatoms. The molecule has 23 heavy (non-hydrogen) atoms. The fraction of sp³-hybridized carbons (Fsp3) is 0.133. The van der Waals surface area contributed by atoms with Crippen LogP contribution < -0.4 is 4.18 Å². The quantitative estimate of drug-likeness (QED) is 0.544. The minimum Gasteiger partial charge on any atom is -0.508 e. The number of rotatable bonds is 6. The zero-order valence-corrected chi connectivity index (χ0v) is 12.7. The van der Waals surface area contributed by atoms with Crippen LogP contribution in [0.2, 0.25) is 0 Å². The molecule has 0 bridgehead atoms. The Morgan fingerprint density at radius 1 is 1.04 bits per heavy atom. The number of phenols is 2. The Bertz CT molecular complexity index is 827. The average Bonchev–Trinajstić information content (AvgIpc) is 2.47. The molecule has 0 radical (unpaired) electrons. The van der Waals surface area contributed by atoms with Gasteiger partial charge in [0.15, 0.2) is 17.3 Å².